The van der Waals surface area contributed by atoms with E-state index in [0.29, 0.717) is 5.56 Å². The molecule has 0 aliphatic carbocycles. The number of ketones is 1. The van der Waals surface area contributed by atoms with E-state index in [2.05, 4.69) is 4.98 Å². The fourth-order valence-electron chi connectivity index (χ4n) is 1.75. The van der Waals surface area contributed by atoms with E-state index < -0.39 is 33.0 Å². The summed E-state index contributed by atoms with van der Waals surface area (Å²) in [5, 5.41) is 9.77. The smallest absolute Gasteiger partial charge is 0.250 e. The fourth-order valence-corrected chi connectivity index (χ4v) is 2.31. The van der Waals surface area contributed by atoms with Crippen molar-refractivity contribution < 1.29 is 23.1 Å². The third-order valence-electron chi connectivity index (χ3n) is 3.01. The molecule has 0 aromatic carbocycles. The number of nitrogens with one attached hydrogen (secondary N) is 1. The molecule has 1 aliphatic rings. The standard InChI is InChI=1S/C12H14N2O5S/c1-3-20(17,18)14-11-9(15)10(16)12(2,19-11)8-5-4-6-13-7-8/h4-7,14-15H,3H2,1-2H3. The van der Waals surface area contributed by atoms with Gasteiger partial charge in [0.25, 0.3) is 5.78 Å². The fraction of sp³-hybridized carbons (Fsp3) is 0.333. The van der Waals surface area contributed by atoms with Crippen LogP contribution < -0.4 is 4.72 Å². The van der Waals surface area contributed by atoms with E-state index in [1.54, 1.807) is 12.1 Å². The minimum absolute atomic E-state index is 0.203. The summed E-state index contributed by atoms with van der Waals surface area (Å²) in [5.74, 6) is -2.12. The van der Waals surface area contributed by atoms with Crippen LogP contribution in [0.2, 0.25) is 0 Å². The average Bonchev–Trinajstić information content (AvgIpc) is 2.65. The SMILES string of the molecule is CCS(=O)(=O)NC1=C(O)C(=O)C(C)(c2cccnc2)O1. The highest BCUT2D eigenvalue weighted by Gasteiger charge is 2.48. The number of sulfonamides is 1. The van der Waals surface area contributed by atoms with Gasteiger partial charge in [0, 0.05) is 18.0 Å². The first-order chi connectivity index (χ1) is 9.30. The van der Waals surface area contributed by atoms with Crippen molar-refractivity contribution in [3.8, 4) is 0 Å². The number of hydrogen-bond donors (Lipinski definition) is 2. The van der Waals surface area contributed by atoms with E-state index in [1.165, 1.54) is 26.2 Å². The molecule has 0 fully saturated rings. The van der Waals surface area contributed by atoms with Crippen molar-refractivity contribution in [2.24, 2.45) is 0 Å². The molecular weight excluding hydrogens is 284 g/mol. The molecule has 1 unspecified atom stereocenters. The van der Waals surface area contributed by atoms with Crippen molar-refractivity contribution in [3.05, 3.63) is 41.7 Å². The Kier molecular flexibility index (Phi) is 3.43. The summed E-state index contributed by atoms with van der Waals surface area (Å²) in [4.78, 5) is 16.0. The van der Waals surface area contributed by atoms with E-state index in [0.717, 1.165) is 0 Å². The summed E-state index contributed by atoms with van der Waals surface area (Å²) < 4.78 is 30.4. The summed E-state index contributed by atoms with van der Waals surface area (Å²) >= 11 is 0. The summed E-state index contributed by atoms with van der Waals surface area (Å²) in [5.41, 5.74) is -1.08. The van der Waals surface area contributed by atoms with Crippen molar-refractivity contribution in [1.82, 2.24) is 9.71 Å². The largest absolute Gasteiger partial charge is 0.501 e. The second kappa shape index (κ2) is 4.78. The number of aliphatic hydroxyl groups is 1. The van der Waals surface area contributed by atoms with Crippen molar-refractivity contribution >= 4 is 15.8 Å². The predicted molar refractivity (Wildman–Crippen MR) is 69.9 cm³/mol. The summed E-state index contributed by atoms with van der Waals surface area (Å²) in [6.45, 7) is 2.87. The van der Waals surface area contributed by atoms with Gasteiger partial charge in [0.2, 0.25) is 27.3 Å². The highest BCUT2D eigenvalue weighted by Crippen LogP contribution is 2.36. The number of hydrogen-bond acceptors (Lipinski definition) is 6. The zero-order valence-corrected chi connectivity index (χ0v) is 11.8. The molecule has 0 saturated heterocycles. The van der Waals surface area contributed by atoms with Crippen LogP contribution in [0.1, 0.15) is 19.4 Å². The molecule has 0 saturated carbocycles. The third kappa shape index (κ3) is 2.34. The minimum atomic E-state index is -3.65. The maximum Gasteiger partial charge on any atom is 0.250 e. The van der Waals surface area contributed by atoms with Crippen molar-refractivity contribution in [2.75, 3.05) is 5.75 Å². The van der Waals surface area contributed by atoms with Gasteiger partial charge < -0.3 is 9.84 Å². The average molecular weight is 298 g/mol. The first kappa shape index (κ1) is 14.3. The zero-order chi connectivity index (χ0) is 15.0. The van der Waals surface area contributed by atoms with Gasteiger partial charge in [-0.25, -0.2) is 8.42 Å². The lowest BCUT2D eigenvalue weighted by Crippen LogP contribution is -2.32. The topological polar surface area (TPSA) is 106 Å². The third-order valence-corrected chi connectivity index (χ3v) is 4.27. The molecule has 1 aromatic rings. The Labute approximate surface area is 116 Å². The zero-order valence-electron chi connectivity index (χ0n) is 11.0. The molecule has 2 rings (SSSR count). The van der Waals surface area contributed by atoms with E-state index in [4.69, 9.17) is 4.74 Å². The Morgan fingerprint density at radius 2 is 2.20 bits per heavy atom. The van der Waals surface area contributed by atoms with Crippen LogP contribution in [0, 0.1) is 0 Å². The highest BCUT2D eigenvalue weighted by molar-refractivity contribution is 7.89. The summed E-state index contributed by atoms with van der Waals surface area (Å²) in [7, 11) is -3.65. The number of aliphatic hydroxyl groups excluding tert-OH is 1. The van der Waals surface area contributed by atoms with Gasteiger partial charge in [-0.15, -0.1) is 0 Å². The Hall–Kier alpha value is -2.09. The monoisotopic (exact) mass is 298 g/mol. The van der Waals surface area contributed by atoms with E-state index in [1.807, 2.05) is 4.72 Å². The van der Waals surface area contributed by atoms with Gasteiger partial charge in [-0.3, -0.25) is 14.5 Å². The van der Waals surface area contributed by atoms with E-state index in [-0.39, 0.29) is 5.75 Å². The van der Waals surface area contributed by atoms with Crippen molar-refractivity contribution in [1.29, 1.82) is 0 Å². The molecule has 7 nitrogen and oxygen atoms in total. The number of nitrogens with zero attached hydrogens (tertiary/aromatic N) is 1. The van der Waals surface area contributed by atoms with Crippen LogP contribution in [0.3, 0.4) is 0 Å². The van der Waals surface area contributed by atoms with Gasteiger partial charge in [0.1, 0.15) is 0 Å². The second-order valence-corrected chi connectivity index (χ2v) is 6.40. The minimum Gasteiger partial charge on any atom is -0.501 e. The number of carbonyl (C=O) groups excluding carboxylic acids is 1. The molecule has 1 atom stereocenters. The van der Waals surface area contributed by atoms with Crippen LogP contribution >= 0.6 is 0 Å². The molecule has 2 heterocycles. The number of Topliss-reactive ketones (excluding diaryl/α,β-unsaturated/α-hetero) is 1. The predicted octanol–water partition coefficient (Wildman–Crippen LogP) is 0.562. The van der Waals surface area contributed by atoms with Crippen LogP contribution in [0.4, 0.5) is 0 Å². The van der Waals surface area contributed by atoms with Crippen LogP contribution in [-0.2, 0) is 25.2 Å². The van der Waals surface area contributed by atoms with Crippen LogP contribution in [0.25, 0.3) is 0 Å². The maximum absolute atomic E-state index is 12.1. The highest BCUT2D eigenvalue weighted by atomic mass is 32.2. The van der Waals surface area contributed by atoms with Gasteiger partial charge in [-0.1, -0.05) is 6.07 Å². The molecule has 20 heavy (non-hydrogen) atoms. The number of aromatic nitrogens is 1. The molecule has 0 amide bonds. The maximum atomic E-state index is 12.1. The van der Waals surface area contributed by atoms with Gasteiger partial charge in [0.05, 0.1) is 5.75 Å². The van der Waals surface area contributed by atoms with E-state index in [9.17, 15) is 18.3 Å². The first-order valence-electron chi connectivity index (χ1n) is 5.88. The van der Waals surface area contributed by atoms with Crippen LogP contribution in [0.15, 0.2) is 36.2 Å². The van der Waals surface area contributed by atoms with Crippen LogP contribution in [-0.4, -0.2) is 30.0 Å². The second-order valence-electron chi connectivity index (χ2n) is 4.39. The molecule has 2 N–H and O–H groups in total. The molecular formula is C12H14N2O5S. The van der Waals surface area contributed by atoms with Gasteiger partial charge in [0.15, 0.2) is 0 Å². The molecule has 108 valence electrons. The van der Waals surface area contributed by atoms with Crippen molar-refractivity contribution in [2.45, 2.75) is 19.4 Å². The molecule has 8 heteroatoms. The molecule has 1 aromatic heterocycles. The molecule has 0 radical (unpaired) electrons. The van der Waals surface area contributed by atoms with Crippen molar-refractivity contribution in [3.63, 3.8) is 0 Å². The lowest BCUT2D eigenvalue weighted by molar-refractivity contribution is -0.131. The number of rotatable bonds is 4. The quantitative estimate of drug-likeness (QED) is 0.841. The van der Waals surface area contributed by atoms with Gasteiger partial charge in [-0.2, -0.15) is 0 Å². The molecule has 0 bridgehead atoms. The number of carbonyl (C=O) groups is 1. The Morgan fingerprint density at radius 1 is 1.50 bits per heavy atom. The Morgan fingerprint density at radius 3 is 2.75 bits per heavy atom. The lowest BCUT2D eigenvalue weighted by Gasteiger charge is -2.23. The number of pyridine rings is 1. The summed E-state index contributed by atoms with van der Waals surface area (Å²) in [6.07, 6.45) is 2.95. The number of ether oxygens (including phenoxy) is 1. The van der Waals surface area contributed by atoms with Gasteiger partial charge in [-0.05, 0) is 19.9 Å². The van der Waals surface area contributed by atoms with E-state index >= 15 is 0 Å². The Bertz CT molecular complexity index is 668. The first-order valence-corrected chi connectivity index (χ1v) is 7.53. The molecule has 1 aliphatic heterocycles. The summed E-state index contributed by atoms with van der Waals surface area (Å²) in [6, 6.07) is 3.22. The van der Waals surface area contributed by atoms with Crippen LogP contribution in [0.5, 0.6) is 0 Å². The van der Waals surface area contributed by atoms with Gasteiger partial charge >= 0.3 is 0 Å². The lowest BCUT2D eigenvalue weighted by atomic mass is 9.93. The molecule has 0 spiro atoms. The normalized spacial score (nSPS) is 22.8. The Balaban J connectivity index is 2.35.